The molecule has 0 radical (unpaired) electrons. The molecule has 0 unspecified atom stereocenters. The lowest BCUT2D eigenvalue weighted by molar-refractivity contribution is -0.208. The van der Waals surface area contributed by atoms with Crippen LogP contribution in [0.3, 0.4) is 0 Å². The first-order valence-corrected chi connectivity index (χ1v) is 12.1. The van der Waals surface area contributed by atoms with Gasteiger partial charge in [0.25, 0.3) is 0 Å². The lowest BCUT2D eigenvalue weighted by atomic mass is 10.2. The summed E-state index contributed by atoms with van der Waals surface area (Å²) in [6.07, 6.45) is 1.68. The molecular formula is C28H34O11. The molecule has 0 saturated carbocycles. The fourth-order valence-electron chi connectivity index (χ4n) is 2.55. The molecule has 0 atom stereocenters. The van der Waals surface area contributed by atoms with Crippen LogP contribution in [0.4, 0.5) is 0 Å². The summed E-state index contributed by atoms with van der Waals surface area (Å²) < 4.78 is 20.5. The monoisotopic (exact) mass is 546 g/mol. The van der Waals surface area contributed by atoms with Crippen LogP contribution in [0, 0.1) is 0 Å². The van der Waals surface area contributed by atoms with Gasteiger partial charge in [0.05, 0.1) is 13.2 Å². The summed E-state index contributed by atoms with van der Waals surface area (Å²) in [6.45, 7) is 15.2. The fourth-order valence-corrected chi connectivity index (χ4v) is 2.55. The molecule has 1 aromatic carbocycles. The van der Waals surface area contributed by atoms with Crippen LogP contribution in [0.2, 0.25) is 0 Å². The van der Waals surface area contributed by atoms with Crippen molar-refractivity contribution in [3.8, 4) is 17.2 Å². The summed E-state index contributed by atoms with van der Waals surface area (Å²) in [5.74, 6) is -3.14. The fraction of sp³-hybridized carbons (Fsp3) is 0.393. The Bertz CT molecular complexity index is 1030. The molecule has 0 amide bonds. The third-order valence-corrected chi connectivity index (χ3v) is 4.59. The van der Waals surface area contributed by atoms with Crippen molar-refractivity contribution in [3.63, 3.8) is 0 Å². The van der Waals surface area contributed by atoms with E-state index in [1.54, 1.807) is 0 Å². The van der Waals surface area contributed by atoms with Gasteiger partial charge in [0.2, 0.25) is 0 Å². The topological polar surface area (TPSA) is 141 Å². The summed E-state index contributed by atoms with van der Waals surface area (Å²) in [5.41, 5.74) is 0.657. The predicted molar refractivity (Wildman–Crippen MR) is 138 cm³/mol. The zero-order valence-electron chi connectivity index (χ0n) is 22.5. The van der Waals surface area contributed by atoms with E-state index in [4.69, 9.17) is 23.8 Å². The molecule has 0 fully saturated rings. The third kappa shape index (κ3) is 14.2. The number of hydrogen-bond donors (Lipinski definition) is 0. The van der Waals surface area contributed by atoms with E-state index < -0.39 is 29.8 Å². The molecule has 0 saturated heterocycles. The van der Waals surface area contributed by atoms with E-state index in [0.29, 0.717) is 25.7 Å². The average Bonchev–Trinajstić information content (AvgIpc) is 2.86. The lowest BCUT2D eigenvalue weighted by Crippen LogP contribution is -2.12. The third-order valence-electron chi connectivity index (χ3n) is 4.59. The van der Waals surface area contributed by atoms with Crippen LogP contribution in [-0.2, 0) is 38.3 Å². The Morgan fingerprint density at radius 2 is 0.974 bits per heavy atom. The van der Waals surface area contributed by atoms with Gasteiger partial charge in [0.15, 0.2) is 5.75 Å². The van der Waals surface area contributed by atoms with Crippen LogP contribution >= 0.6 is 0 Å². The van der Waals surface area contributed by atoms with E-state index in [-0.39, 0.29) is 60.0 Å². The first-order chi connectivity index (χ1) is 18.4. The maximum absolute atomic E-state index is 12.3. The van der Waals surface area contributed by atoms with Crippen molar-refractivity contribution in [2.75, 3.05) is 13.2 Å². The highest BCUT2D eigenvalue weighted by Gasteiger charge is 2.14. The van der Waals surface area contributed by atoms with E-state index in [1.807, 2.05) is 0 Å². The molecule has 0 bridgehead atoms. The first kappa shape index (κ1) is 32.6. The van der Waals surface area contributed by atoms with E-state index in [0.717, 1.165) is 0 Å². The molecule has 1 aromatic rings. The van der Waals surface area contributed by atoms with Crippen molar-refractivity contribution in [2.24, 2.45) is 0 Å². The van der Waals surface area contributed by atoms with Crippen LogP contribution in [0.15, 0.2) is 54.7 Å². The van der Waals surface area contributed by atoms with Crippen molar-refractivity contribution >= 4 is 29.8 Å². The summed E-state index contributed by atoms with van der Waals surface area (Å²) in [4.78, 5) is 68.6. The minimum absolute atomic E-state index is 0.0193. The summed E-state index contributed by atoms with van der Waals surface area (Å²) in [5, 5.41) is 0. The van der Waals surface area contributed by atoms with E-state index in [1.165, 1.54) is 39.0 Å². The van der Waals surface area contributed by atoms with Crippen LogP contribution in [-0.4, -0.2) is 43.1 Å². The summed E-state index contributed by atoms with van der Waals surface area (Å²) in [6, 6.07) is 3.84. The number of rotatable bonds is 17. The van der Waals surface area contributed by atoms with Crippen molar-refractivity contribution in [2.45, 2.75) is 59.3 Å². The molecule has 11 heteroatoms. The largest absolute Gasteiger partial charge is 0.462 e. The molecule has 0 spiro atoms. The highest BCUT2D eigenvalue weighted by atomic mass is 17.2. The quantitative estimate of drug-likeness (QED) is 0.0681. The van der Waals surface area contributed by atoms with Crippen LogP contribution in [0.1, 0.15) is 59.3 Å². The molecular weight excluding hydrogens is 512 g/mol. The number of carbonyl (C=O) groups excluding carboxylic acids is 5. The molecule has 0 N–H and O–H groups in total. The second-order valence-corrected chi connectivity index (χ2v) is 8.57. The molecule has 0 aromatic heterocycles. The van der Waals surface area contributed by atoms with Crippen molar-refractivity contribution < 1.29 is 52.7 Å². The van der Waals surface area contributed by atoms with Gasteiger partial charge in [-0.3, -0.25) is 14.5 Å². The van der Waals surface area contributed by atoms with Crippen molar-refractivity contribution in [1.29, 1.82) is 0 Å². The highest BCUT2D eigenvalue weighted by molar-refractivity contribution is 5.87. The summed E-state index contributed by atoms with van der Waals surface area (Å²) in [7, 11) is 0. The van der Waals surface area contributed by atoms with Crippen molar-refractivity contribution in [1.82, 2.24) is 0 Å². The van der Waals surface area contributed by atoms with Gasteiger partial charge in [-0.05, 0) is 46.5 Å². The lowest BCUT2D eigenvalue weighted by Gasteiger charge is -2.11. The SMILES string of the molecule is C=C(C)C(=O)OCCCCC(=O)Oc1cc(OOC(=O)C(=C)C)cc(OC(=O)CCCCOC(=O)C(=C)C)c1. The molecule has 11 nitrogen and oxygen atoms in total. The van der Waals surface area contributed by atoms with E-state index >= 15 is 0 Å². The number of carbonyl (C=O) groups is 5. The Balaban J connectivity index is 2.71. The van der Waals surface area contributed by atoms with Crippen LogP contribution < -0.4 is 14.4 Å². The van der Waals surface area contributed by atoms with Gasteiger partial charge in [-0.2, -0.15) is 0 Å². The standard InChI is InChI=1S/C28H34O11/c1-18(2)26(31)34-13-9-7-11-24(29)36-21-15-22(17-23(16-21)38-39-28(33)20(5)6)37-25(30)12-8-10-14-35-27(32)19(3)4/h15-17H,1,3,5,7-14H2,2,4,6H3. The van der Waals surface area contributed by atoms with Crippen LogP contribution in [0.25, 0.3) is 0 Å². The average molecular weight is 547 g/mol. The van der Waals surface area contributed by atoms with E-state index in [2.05, 4.69) is 24.6 Å². The van der Waals surface area contributed by atoms with E-state index in [9.17, 15) is 24.0 Å². The zero-order valence-corrected chi connectivity index (χ0v) is 22.5. The molecule has 0 aliphatic rings. The maximum atomic E-state index is 12.3. The molecule has 39 heavy (non-hydrogen) atoms. The van der Waals surface area contributed by atoms with Gasteiger partial charge in [-0.15, -0.1) is 0 Å². The Kier molecular flexibility index (Phi) is 14.4. The number of benzene rings is 1. The Morgan fingerprint density at radius 3 is 1.36 bits per heavy atom. The van der Waals surface area contributed by atoms with Gasteiger partial charge in [0.1, 0.15) is 11.5 Å². The highest BCUT2D eigenvalue weighted by Crippen LogP contribution is 2.29. The number of ether oxygens (including phenoxy) is 4. The second-order valence-electron chi connectivity index (χ2n) is 8.57. The minimum Gasteiger partial charge on any atom is -0.462 e. The number of hydrogen-bond acceptors (Lipinski definition) is 11. The van der Waals surface area contributed by atoms with Crippen LogP contribution in [0.5, 0.6) is 17.2 Å². The molecule has 0 heterocycles. The summed E-state index contributed by atoms with van der Waals surface area (Å²) >= 11 is 0. The normalized spacial score (nSPS) is 10.0. The number of esters is 4. The smallest absolute Gasteiger partial charge is 0.381 e. The maximum Gasteiger partial charge on any atom is 0.381 e. The number of unbranched alkanes of at least 4 members (excludes halogenated alkanes) is 2. The van der Waals surface area contributed by atoms with Gasteiger partial charge in [0, 0.05) is 47.8 Å². The minimum atomic E-state index is -0.823. The van der Waals surface area contributed by atoms with Crippen molar-refractivity contribution in [3.05, 3.63) is 54.7 Å². The first-order valence-electron chi connectivity index (χ1n) is 12.1. The molecule has 1 rings (SSSR count). The molecule has 0 aliphatic heterocycles. The molecule has 0 aliphatic carbocycles. The Hall–Kier alpha value is -4.41. The van der Waals surface area contributed by atoms with Gasteiger partial charge >= 0.3 is 29.8 Å². The van der Waals surface area contributed by atoms with Gasteiger partial charge < -0.3 is 18.9 Å². The Labute approximate surface area is 227 Å². The van der Waals surface area contributed by atoms with Gasteiger partial charge in [-0.25, -0.2) is 19.3 Å². The Morgan fingerprint density at radius 1 is 0.590 bits per heavy atom. The zero-order chi connectivity index (χ0) is 29.4. The predicted octanol–water partition coefficient (Wildman–Crippen LogP) is 4.49. The molecule has 212 valence electrons. The van der Waals surface area contributed by atoms with Gasteiger partial charge in [-0.1, -0.05) is 19.7 Å². The second kappa shape index (κ2) is 17.2.